The summed E-state index contributed by atoms with van der Waals surface area (Å²) in [5.74, 6) is -0.0188. The van der Waals surface area contributed by atoms with E-state index in [-0.39, 0.29) is 23.1 Å². The first-order chi connectivity index (χ1) is 10.6. The quantitative estimate of drug-likeness (QED) is 0.495. The van der Waals surface area contributed by atoms with E-state index >= 15 is 0 Å². The fourth-order valence-electron chi connectivity index (χ4n) is 1.88. The Morgan fingerprint density at radius 2 is 2.00 bits per heavy atom. The number of thioether (sulfide) groups is 1. The summed E-state index contributed by atoms with van der Waals surface area (Å²) >= 11 is 1.54. The molecule has 0 amide bonds. The smallest absolute Gasteiger partial charge is 0.338 e. The first-order valence-corrected chi connectivity index (χ1v) is 7.74. The van der Waals surface area contributed by atoms with Crippen molar-refractivity contribution in [3.63, 3.8) is 0 Å². The molecule has 2 rings (SSSR count). The highest BCUT2D eigenvalue weighted by molar-refractivity contribution is 7.98. The van der Waals surface area contributed by atoms with Gasteiger partial charge in [-0.1, -0.05) is 24.3 Å². The van der Waals surface area contributed by atoms with Crippen LogP contribution in [0, 0.1) is 5.21 Å². The summed E-state index contributed by atoms with van der Waals surface area (Å²) in [6.45, 7) is 1.95. The zero-order chi connectivity index (χ0) is 15.9. The molecule has 0 atom stereocenters. The normalized spacial score (nSPS) is 10.3. The van der Waals surface area contributed by atoms with Crippen LogP contribution < -0.4 is 5.23 Å². The molecule has 0 heterocycles. The maximum Gasteiger partial charge on any atom is 0.338 e. The van der Waals surface area contributed by atoms with E-state index in [1.165, 1.54) is 17.8 Å². The van der Waals surface area contributed by atoms with Crippen LogP contribution in [0.4, 0.5) is 5.69 Å². The van der Waals surface area contributed by atoms with Crippen molar-refractivity contribution >= 4 is 23.4 Å². The molecule has 22 heavy (non-hydrogen) atoms. The second-order valence-electron chi connectivity index (χ2n) is 4.44. The third kappa shape index (κ3) is 4.24. The topological polar surface area (TPSA) is 72.8 Å². The van der Waals surface area contributed by atoms with Crippen molar-refractivity contribution in [1.29, 1.82) is 0 Å². The molecule has 0 radical (unpaired) electrons. The van der Waals surface area contributed by atoms with Crippen molar-refractivity contribution in [2.45, 2.75) is 17.6 Å². The Balaban J connectivity index is 2.18. The van der Waals surface area contributed by atoms with Crippen LogP contribution in [-0.2, 0) is 10.5 Å². The first kappa shape index (κ1) is 16.4. The van der Waals surface area contributed by atoms with E-state index in [1.54, 1.807) is 19.1 Å². The molecule has 0 aliphatic carbocycles. The van der Waals surface area contributed by atoms with Gasteiger partial charge in [0.2, 0.25) is 0 Å². The third-order valence-corrected chi connectivity index (χ3v) is 4.00. The Bertz CT molecular complexity index is 631. The number of carbonyl (C=O) groups is 1. The van der Waals surface area contributed by atoms with Crippen LogP contribution in [0.5, 0.6) is 0 Å². The average Bonchev–Trinajstić information content (AvgIpc) is 2.54. The predicted octanol–water partition coefficient (Wildman–Crippen LogP) is 3.85. The number of hydrogen-bond donors (Lipinski definition) is 1. The number of ether oxygens (including phenoxy) is 1. The van der Waals surface area contributed by atoms with Gasteiger partial charge in [-0.25, -0.2) is 4.79 Å². The summed E-state index contributed by atoms with van der Waals surface area (Å²) in [6, 6.07) is 14.3. The number of carbonyl (C=O) groups excluding carboxylic acids is 1. The molecule has 2 aromatic carbocycles. The molecule has 0 unspecified atom stereocenters. The van der Waals surface area contributed by atoms with E-state index in [0.29, 0.717) is 11.3 Å². The number of hydrogen-bond acceptors (Lipinski definition) is 6. The monoisotopic (exact) mass is 318 g/mol. The van der Waals surface area contributed by atoms with Crippen molar-refractivity contribution in [1.82, 2.24) is 0 Å². The van der Waals surface area contributed by atoms with Gasteiger partial charge < -0.3 is 15.2 Å². The van der Waals surface area contributed by atoms with Gasteiger partial charge in [-0.05, 0) is 36.8 Å². The maximum absolute atomic E-state index is 11.7. The van der Waals surface area contributed by atoms with Gasteiger partial charge >= 0.3 is 5.97 Å². The van der Waals surface area contributed by atoms with E-state index in [4.69, 9.17) is 4.74 Å². The molecule has 2 aromatic rings. The lowest BCUT2D eigenvalue weighted by molar-refractivity contribution is 0.0526. The van der Waals surface area contributed by atoms with Crippen LogP contribution in [0.3, 0.4) is 0 Å². The molecular formula is C16H16NO4S-. The molecule has 5 nitrogen and oxygen atoms in total. The molecule has 0 saturated heterocycles. The maximum atomic E-state index is 11.7. The van der Waals surface area contributed by atoms with Gasteiger partial charge in [0.25, 0.3) is 0 Å². The fourth-order valence-corrected chi connectivity index (χ4v) is 2.80. The summed E-state index contributed by atoms with van der Waals surface area (Å²) in [7, 11) is 0. The Morgan fingerprint density at radius 1 is 1.27 bits per heavy atom. The summed E-state index contributed by atoms with van der Waals surface area (Å²) in [4.78, 5) is 12.7. The molecule has 0 aliphatic heterocycles. The highest BCUT2D eigenvalue weighted by Gasteiger charge is 2.11. The Morgan fingerprint density at radius 3 is 2.64 bits per heavy atom. The minimum atomic E-state index is -0.520. The molecule has 0 bridgehead atoms. The van der Waals surface area contributed by atoms with E-state index in [1.807, 2.05) is 30.3 Å². The van der Waals surface area contributed by atoms with Crippen molar-refractivity contribution in [3.8, 4) is 0 Å². The SMILES string of the molecule is CCOC(=O)c1ccc(CSc2ccccc2)c(N([O-])O)c1. The van der Waals surface area contributed by atoms with E-state index < -0.39 is 5.97 Å². The minimum Gasteiger partial charge on any atom is -0.733 e. The van der Waals surface area contributed by atoms with Gasteiger partial charge in [0.1, 0.15) is 0 Å². The van der Waals surface area contributed by atoms with Gasteiger partial charge in [0, 0.05) is 10.6 Å². The van der Waals surface area contributed by atoms with Crippen LogP contribution in [0.2, 0.25) is 0 Å². The molecule has 0 fully saturated rings. The van der Waals surface area contributed by atoms with Crippen molar-refractivity contribution < 1.29 is 14.7 Å². The van der Waals surface area contributed by atoms with Gasteiger partial charge in [0.05, 0.1) is 17.9 Å². The fraction of sp³-hybridized carbons (Fsp3) is 0.188. The molecule has 0 spiro atoms. The second kappa shape index (κ2) is 7.84. The average molecular weight is 318 g/mol. The van der Waals surface area contributed by atoms with Crippen molar-refractivity contribution in [3.05, 3.63) is 64.9 Å². The van der Waals surface area contributed by atoms with Crippen LogP contribution in [-0.4, -0.2) is 17.8 Å². The van der Waals surface area contributed by atoms with Gasteiger partial charge in [0.15, 0.2) is 0 Å². The summed E-state index contributed by atoms with van der Waals surface area (Å²) in [5, 5.41) is 20.4. The molecular weight excluding hydrogens is 302 g/mol. The zero-order valence-electron chi connectivity index (χ0n) is 12.1. The van der Waals surface area contributed by atoms with E-state index in [9.17, 15) is 15.2 Å². The molecule has 0 aromatic heterocycles. The third-order valence-electron chi connectivity index (χ3n) is 2.94. The summed E-state index contributed by atoms with van der Waals surface area (Å²) in [6.07, 6.45) is 0. The summed E-state index contributed by atoms with van der Waals surface area (Å²) < 4.78 is 4.89. The molecule has 6 heteroatoms. The van der Waals surface area contributed by atoms with Gasteiger partial charge in [-0.3, -0.25) is 5.21 Å². The van der Waals surface area contributed by atoms with E-state index in [0.717, 1.165) is 4.90 Å². The molecule has 1 N–H and O–H groups in total. The van der Waals surface area contributed by atoms with Crippen molar-refractivity contribution in [2.75, 3.05) is 11.8 Å². The highest BCUT2D eigenvalue weighted by Crippen LogP contribution is 2.29. The lowest BCUT2D eigenvalue weighted by atomic mass is 10.1. The molecule has 0 saturated carbocycles. The number of anilines is 1. The van der Waals surface area contributed by atoms with Crippen LogP contribution in [0.1, 0.15) is 22.8 Å². The lowest BCUT2D eigenvalue weighted by Gasteiger charge is -2.25. The molecule has 116 valence electrons. The zero-order valence-corrected chi connectivity index (χ0v) is 12.9. The Labute approximate surface area is 133 Å². The lowest BCUT2D eigenvalue weighted by Crippen LogP contribution is -2.12. The Hall–Kier alpha value is -2.02. The van der Waals surface area contributed by atoms with Crippen LogP contribution >= 0.6 is 11.8 Å². The van der Waals surface area contributed by atoms with Crippen LogP contribution in [0.15, 0.2) is 53.4 Å². The van der Waals surface area contributed by atoms with Crippen molar-refractivity contribution in [2.24, 2.45) is 0 Å². The Kier molecular flexibility index (Phi) is 5.83. The second-order valence-corrected chi connectivity index (χ2v) is 5.49. The largest absolute Gasteiger partial charge is 0.733 e. The van der Waals surface area contributed by atoms with Crippen LogP contribution in [0.25, 0.3) is 0 Å². The standard InChI is InChI=1S/C16H16NO4S/c1-2-21-16(18)12-8-9-13(15(10-12)17(19)20)11-22-14-6-4-3-5-7-14/h3-10,19H,2,11H2,1H3/q-1. The van der Waals surface area contributed by atoms with E-state index in [2.05, 4.69) is 0 Å². The summed E-state index contributed by atoms with van der Waals surface area (Å²) in [5.41, 5.74) is 0.925. The first-order valence-electron chi connectivity index (χ1n) is 6.76. The highest BCUT2D eigenvalue weighted by atomic mass is 32.2. The number of esters is 1. The number of nitrogens with zero attached hydrogens (tertiary/aromatic N) is 1. The predicted molar refractivity (Wildman–Crippen MR) is 86.0 cm³/mol. The van der Waals surface area contributed by atoms with Gasteiger partial charge in [-0.15, -0.1) is 11.8 Å². The molecule has 0 aliphatic rings. The number of benzene rings is 2. The number of rotatable bonds is 6. The van der Waals surface area contributed by atoms with Gasteiger partial charge in [-0.2, -0.15) is 0 Å². The minimum absolute atomic E-state index is 0.0500.